The van der Waals surface area contributed by atoms with Crippen LogP contribution in [0.4, 0.5) is 0 Å². The number of hydrogen-bond acceptors (Lipinski definition) is 3. The third-order valence-electron chi connectivity index (χ3n) is 4.46. The zero-order valence-electron chi connectivity index (χ0n) is 15.3. The van der Waals surface area contributed by atoms with Gasteiger partial charge in [-0.05, 0) is 32.6 Å². The second-order valence-corrected chi connectivity index (χ2v) is 8.52. The Morgan fingerprint density at radius 3 is 2.46 bits per heavy atom. The Labute approximate surface area is 165 Å². The maximum Gasteiger partial charge on any atom is 0.211 e. The van der Waals surface area contributed by atoms with Crippen molar-refractivity contribution < 1.29 is 8.42 Å². The summed E-state index contributed by atoms with van der Waals surface area (Å²) < 4.78 is 25.2. The van der Waals surface area contributed by atoms with Crippen LogP contribution in [-0.2, 0) is 10.0 Å². The van der Waals surface area contributed by atoms with Gasteiger partial charge in [-0.15, -0.1) is 24.0 Å². The molecule has 24 heavy (non-hydrogen) atoms. The molecule has 144 valence electrons. The van der Waals surface area contributed by atoms with Crippen molar-refractivity contribution in [3.63, 3.8) is 0 Å². The van der Waals surface area contributed by atoms with Gasteiger partial charge in [0, 0.05) is 26.2 Å². The van der Waals surface area contributed by atoms with Crippen LogP contribution in [0.2, 0.25) is 0 Å². The van der Waals surface area contributed by atoms with Gasteiger partial charge in [0.2, 0.25) is 10.0 Å². The Morgan fingerprint density at radius 1 is 1.21 bits per heavy atom. The first-order valence-corrected chi connectivity index (χ1v) is 10.6. The molecule has 0 aromatic rings. The van der Waals surface area contributed by atoms with Crippen molar-refractivity contribution in [2.75, 3.05) is 25.9 Å². The number of hydrogen-bond donors (Lipinski definition) is 3. The van der Waals surface area contributed by atoms with E-state index in [-0.39, 0.29) is 29.7 Å². The highest BCUT2D eigenvalue weighted by Crippen LogP contribution is 2.27. The van der Waals surface area contributed by atoms with Gasteiger partial charge in [0.15, 0.2) is 5.96 Å². The predicted molar refractivity (Wildman–Crippen MR) is 113 cm³/mol. The molecule has 0 aliphatic heterocycles. The minimum absolute atomic E-state index is 0. The molecule has 1 atom stereocenters. The molecule has 1 fully saturated rings. The lowest BCUT2D eigenvalue weighted by Gasteiger charge is -2.24. The van der Waals surface area contributed by atoms with Gasteiger partial charge in [0.25, 0.3) is 0 Å². The standard InChI is InChI=1S/C16H34N4O2S.HI/c1-4-23(21,22)19-13-12-18-16(17-3)20-14(2)10-11-15-8-6-5-7-9-15;/h14-15,19H,4-13H2,1-3H3,(H2,17,18,20);1H. The van der Waals surface area contributed by atoms with E-state index in [0.29, 0.717) is 19.1 Å². The molecular formula is C16H35IN4O2S. The molecule has 3 N–H and O–H groups in total. The van der Waals surface area contributed by atoms with Gasteiger partial charge in [-0.3, -0.25) is 4.99 Å². The van der Waals surface area contributed by atoms with Crippen LogP contribution in [0, 0.1) is 5.92 Å². The quantitative estimate of drug-likeness (QED) is 0.208. The summed E-state index contributed by atoms with van der Waals surface area (Å²) >= 11 is 0. The summed E-state index contributed by atoms with van der Waals surface area (Å²) in [6.07, 6.45) is 9.39. The Bertz CT molecular complexity index is 451. The highest BCUT2D eigenvalue weighted by Gasteiger charge is 2.15. The summed E-state index contributed by atoms with van der Waals surface area (Å²) in [7, 11) is -1.38. The molecule has 6 nitrogen and oxygen atoms in total. The van der Waals surface area contributed by atoms with Crippen molar-refractivity contribution in [2.24, 2.45) is 10.9 Å². The van der Waals surface area contributed by atoms with Crippen LogP contribution >= 0.6 is 24.0 Å². The van der Waals surface area contributed by atoms with Gasteiger partial charge in [0.1, 0.15) is 0 Å². The molecule has 0 heterocycles. The third kappa shape index (κ3) is 10.7. The van der Waals surface area contributed by atoms with E-state index in [9.17, 15) is 8.42 Å². The highest BCUT2D eigenvalue weighted by molar-refractivity contribution is 14.0. The Morgan fingerprint density at radius 2 is 1.88 bits per heavy atom. The summed E-state index contributed by atoms with van der Waals surface area (Å²) in [6, 6.07) is 0.371. The van der Waals surface area contributed by atoms with Crippen molar-refractivity contribution in [3.05, 3.63) is 0 Å². The summed E-state index contributed by atoms with van der Waals surface area (Å²) in [5, 5.41) is 6.53. The molecule has 8 heteroatoms. The van der Waals surface area contributed by atoms with Crippen molar-refractivity contribution in [3.8, 4) is 0 Å². The second kappa shape index (κ2) is 13.2. The van der Waals surface area contributed by atoms with E-state index in [1.54, 1.807) is 14.0 Å². The van der Waals surface area contributed by atoms with Crippen molar-refractivity contribution in [2.45, 2.75) is 64.8 Å². The van der Waals surface area contributed by atoms with Crippen LogP contribution in [0.15, 0.2) is 4.99 Å². The number of halogens is 1. The van der Waals surface area contributed by atoms with Crippen LogP contribution in [0.1, 0.15) is 58.8 Å². The number of nitrogens with zero attached hydrogens (tertiary/aromatic N) is 1. The zero-order valence-corrected chi connectivity index (χ0v) is 18.5. The molecule has 0 saturated heterocycles. The maximum absolute atomic E-state index is 11.3. The molecule has 1 aliphatic carbocycles. The van der Waals surface area contributed by atoms with Crippen molar-refractivity contribution in [1.29, 1.82) is 0 Å². The highest BCUT2D eigenvalue weighted by atomic mass is 127. The molecule has 0 aromatic heterocycles. The lowest BCUT2D eigenvalue weighted by Crippen LogP contribution is -2.45. The van der Waals surface area contributed by atoms with Crippen LogP contribution in [0.3, 0.4) is 0 Å². The number of aliphatic imine (C=N–C) groups is 1. The molecule has 0 spiro atoms. The van der Waals surface area contributed by atoms with E-state index in [4.69, 9.17) is 0 Å². The number of rotatable bonds is 9. The van der Waals surface area contributed by atoms with Gasteiger partial charge >= 0.3 is 0 Å². The summed E-state index contributed by atoms with van der Waals surface area (Å²) in [6.45, 7) is 4.70. The number of nitrogens with one attached hydrogen (secondary N) is 3. The minimum Gasteiger partial charge on any atom is -0.355 e. The first-order valence-electron chi connectivity index (χ1n) is 8.91. The monoisotopic (exact) mass is 474 g/mol. The fourth-order valence-electron chi connectivity index (χ4n) is 2.95. The fraction of sp³-hybridized carbons (Fsp3) is 0.938. The van der Waals surface area contributed by atoms with Gasteiger partial charge in [-0.1, -0.05) is 32.1 Å². The van der Waals surface area contributed by atoms with E-state index in [1.807, 2.05) is 0 Å². The van der Waals surface area contributed by atoms with E-state index < -0.39 is 10.0 Å². The van der Waals surface area contributed by atoms with Crippen molar-refractivity contribution >= 4 is 40.0 Å². The molecule has 0 radical (unpaired) electrons. The van der Waals surface area contributed by atoms with Gasteiger partial charge < -0.3 is 10.6 Å². The summed E-state index contributed by atoms with van der Waals surface area (Å²) in [5.41, 5.74) is 0. The SMILES string of the molecule is CCS(=O)(=O)NCCNC(=NC)NC(C)CCC1CCCCC1.I. The molecule has 0 aromatic carbocycles. The molecule has 0 amide bonds. The molecule has 1 aliphatic rings. The minimum atomic E-state index is -3.12. The van der Waals surface area contributed by atoms with Crippen LogP contribution < -0.4 is 15.4 Å². The first kappa shape index (κ1) is 23.9. The second-order valence-electron chi connectivity index (χ2n) is 6.42. The third-order valence-corrected chi connectivity index (χ3v) is 5.86. The van der Waals surface area contributed by atoms with Crippen molar-refractivity contribution in [1.82, 2.24) is 15.4 Å². The van der Waals surface area contributed by atoms with E-state index in [0.717, 1.165) is 18.3 Å². The molecule has 1 saturated carbocycles. The Kier molecular flexibility index (Phi) is 13.1. The van der Waals surface area contributed by atoms with Crippen LogP contribution in [0.5, 0.6) is 0 Å². The number of guanidine groups is 1. The maximum atomic E-state index is 11.3. The first-order chi connectivity index (χ1) is 11.0. The van der Waals surface area contributed by atoms with E-state index >= 15 is 0 Å². The average molecular weight is 474 g/mol. The van der Waals surface area contributed by atoms with Crippen LogP contribution in [0.25, 0.3) is 0 Å². The molecule has 0 bridgehead atoms. The Balaban J connectivity index is 0.00000529. The smallest absolute Gasteiger partial charge is 0.211 e. The normalized spacial score (nSPS) is 17.9. The van der Waals surface area contributed by atoms with Gasteiger partial charge in [-0.25, -0.2) is 13.1 Å². The lowest BCUT2D eigenvalue weighted by molar-refractivity contribution is 0.322. The summed E-state index contributed by atoms with van der Waals surface area (Å²) in [5.74, 6) is 1.74. The topological polar surface area (TPSA) is 82.6 Å². The predicted octanol–water partition coefficient (Wildman–Crippen LogP) is 2.46. The van der Waals surface area contributed by atoms with Gasteiger partial charge in [-0.2, -0.15) is 0 Å². The van der Waals surface area contributed by atoms with Crippen LogP contribution in [-0.4, -0.2) is 46.3 Å². The molecular weight excluding hydrogens is 439 g/mol. The molecule has 1 rings (SSSR count). The van der Waals surface area contributed by atoms with E-state index in [2.05, 4.69) is 27.3 Å². The fourth-order valence-corrected chi connectivity index (χ4v) is 3.57. The average Bonchev–Trinajstić information content (AvgIpc) is 2.56. The zero-order chi connectivity index (χ0) is 17.1. The number of sulfonamides is 1. The van der Waals surface area contributed by atoms with E-state index in [1.165, 1.54) is 38.5 Å². The molecule has 1 unspecified atom stereocenters. The summed E-state index contributed by atoms with van der Waals surface area (Å²) in [4.78, 5) is 4.19. The largest absolute Gasteiger partial charge is 0.355 e. The Hall–Kier alpha value is -0.0900. The lowest BCUT2D eigenvalue weighted by atomic mass is 9.85. The van der Waals surface area contributed by atoms with Gasteiger partial charge in [0.05, 0.1) is 5.75 Å².